The summed E-state index contributed by atoms with van der Waals surface area (Å²) in [6, 6.07) is 11.6. The Morgan fingerprint density at radius 3 is 2.82 bits per heavy atom. The van der Waals surface area contributed by atoms with E-state index in [2.05, 4.69) is 27.3 Å². The third kappa shape index (κ3) is 3.02. The zero-order valence-corrected chi connectivity index (χ0v) is 14.1. The number of fused-ring (bicyclic) bond motifs is 1. The van der Waals surface area contributed by atoms with Crippen LogP contribution in [0, 0.1) is 0 Å². The number of aryl methyl sites for hydroxylation is 1. The number of amides is 1. The Bertz CT molecular complexity index is 712. The fraction of sp³-hybridized carbons (Fsp3) is 0.278. The van der Waals surface area contributed by atoms with Gasteiger partial charge in [-0.15, -0.1) is 0 Å². The molecule has 4 heteroatoms. The first-order valence-electron chi connectivity index (χ1n) is 7.44. The smallest absolute Gasteiger partial charge is 0.256 e. The first-order valence-corrected chi connectivity index (χ1v) is 8.24. The molecule has 1 aliphatic rings. The van der Waals surface area contributed by atoms with Gasteiger partial charge in [0, 0.05) is 10.2 Å². The predicted molar refractivity (Wildman–Crippen MR) is 91.7 cm³/mol. The van der Waals surface area contributed by atoms with Crippen LogP contribution in [0.25, 0.3) is 0 Å². The number of anilines is 1. The summed E-state index contributed by atoms with van der Waals surface area (Å²) in [6.45, 7) is 0. The van der Waals surface area contributed by atoms with Crippen LogP contribution < -0.4 is 10.1 Å². The van der Waals surface area contributed by atoms with Gasteiger partial charge in [0.05, 0.1) is 12.7 Å². The molecule has 0 radical (unpaired) electrons. The lowest BCUT2D eigenvalue weighted by Crippen LogP contribution is -2.16. The molecular weight excluding hydrogens is 342 g/mol. The summed E-state index contributed by atoms with van der Waals surface area (Å²) in [5.41, 5.74) is 4.14. The van der Waals surface area contributed by atoms with E-state index in [9.17, 15) is 4.79 Å². The molecule has 114 valence electrons. The van der Waals surface area contributed by atoms with E-state index in [4.69, 9.17) is 4.74 Å². The van der Waals surface area contributed by atoms with E-state index in [0.717, 1.165) is 23.0 Å². The van der Waals surface area contributed by atoms with Crippen molar-refractivity contribution in [2.45, 2.75) is 25.7 Å². The summed E-state index contributed by atoms with van der Waals surface area (Å²) in [4.78, 5) is 12.6. The van der Waals surface area contributed by atoms with Crippen LogP contribution in [0.4, 0.5) is 5.69 Å². The molecule has 1 aliphatic carbocycles. The molecule has 0 spiro atoms. The van der Waals surface area contributed by atoms with Gasteiger partial charge in [0.2, 0.25) is 0 Å². The number of halogens is 1. The van der Waals surface area contributed by atoms with Gasteiger partial charge in [0.1, 0.15) is 5.75 Å². The molecule has 3 nitrogen and oxygen atoms in total. The Balaban J connectivity index is 1.89. The maximum Gasteiger partial charge on any atom is 0.256 e. The quantitative estimate of drug-likeness (QED) is 0.870. The molecule has 0 fully saturated rings. The van der Waals surface area contributed by atoms with Gasteiger partial charge in [-0.2, -0.15) is 0 Å². The highest BCUT2D eigenvalue weighted by atomic mass is 79.9. The molecule has 0 bridgehead atoms. The summed E-state index contributed by atoms with van der Waals surface area (Å²) in [5, 5.41) is 3.05. The Morgan fingerprint density at radius 1 is 1.18 bits per heavy atom. The summed E-state index contributed by atoms with van der Waals surface area (Å²) < 4.78 is 5.96. The highest BCUT2D eigenvalue weighted by Gasteiger charge is 2.17. The van der Waals surface area contributed by atoms with Crippen molar-refractivity contribution >= 4 is 27.5 Å². The van der Waals surface area contributed by atoms with Crippen molar-refractivity contribution in [3.05, 3.63) is 57.6 Å². The normalized spacial score (nSPS) is 13.4. The molecule has 0 saturated heterocycles. The average Bonchev–Trinajstić information content (AvgIpc) is 2.55. The minimum Gasteiger partial charge on any atom is -0.497 e. The van der Waals surface area contributed by atoms with Crippen molar-refractivity contribution in [1.29, 1.82) is 0 Å². The second-order valence-electron chi connectivity index (χ2n) is 5.45. The van der Waals surface area contributed by atoms with Gasteiger partial charge in [-0.3, -0.25) is 4.79 Å². The molecule has 0 heterocycles. The van der Waals surface area contributed by atoms with Crippen LogP contribution in [0.5, 0.6) is 5.75 Å². The molecule has 2 aromatic carbocycles. The zero-order valence-electron chi connectivity index (χ0n) is 12.5. The second-order valence-corrected chi connectivity index (χ2v) is 6.30. The maximum absolute atomic E-state index is 12.6. The molecule has 1 N–H and O–H groups in total. The number of methoxy groups -OCH3 is 1. The van der Waals surface area contributed by atoms with Crippen LogP contribution in [0.1, 0.15) is 34.3 Å². The van der Waals surface area contributed by atoms with Gasteiger partial charge in [0.25, 0.3) is 5.91 Å². The highest BCUT2D eigenvalue weighted by Crippen LogP contribution is 2.29. The molecule has 0 aromatic heterocycles. The Hall–Kier alpha value is -1.81. The van der Waals surface area contributed by atoms with E-state index >= 15 is 0 Å². The fourth-order valence-electron chi connectivity index (χ4n) is 2.89. The lowest BCUT2D eigenvalue weighted by atomic mass is 9.90. The number of carbonyl (C=O) groups is 1. The van der Waals surface area contributed by atoms with Gasteiger partial charge in [-0.05, 0) is 77.0 Å². The number of carbonyl (C=O) groups excluding carboxylic acids is 1. The molecule has 0 unspecified atom stereocenters. The molecule has 22 heavy (non-hydrogen) atoms. The van der Waals surface area contributed by atoms with Crippen molar-refractivity contribution in [2.24, 2.45) is 0 Å². The molecule has 0 atom stereocenters. The van der Waals surface area contributed by atoms with Crippen molar-refractivity contribution < 1.29 is 9.53 Å². The Labute approximate surface area is 138 Å². The van der Waals surface area contributed by atoms with Gasteiger partial charge >= 0.3 is 0 Å². The molecule has 1 amide bonds. The molecule has 0 saturated carbocycles. The molecular formula is C18H18BrNO2. The zero-order chi connectivity index (χ0) is 15.5. The number of rotatable bonds is 3. The summed E-state index contributed by atoms with van der Waals surface area (Å²) in [5.74, 6) is 0.549. The van der Waals surface area contributed by atoms with Crippen molar-refractivity contribution in [3.8, 4) is 5.75 Å². The Kier molecular flexibility index (Phi) is 4.48. The first-order chi connectivity index (χ1) is 10.7. The topological polar surface area (TPSA) is 38.3 Å². The number of hydrogen-bond acceptors (Lipinski definition) is 2. The maximum atomic E-state index is 12.6. The summed E-state index contributed by atoms with van der Waals surface area (Å²) in [6.07, 6.45) is 4.54. The molecule has 3 rings (SSSR count). The van der Waals surface area contributed by atoms with Crippen molar-refractivity contribution in [3.63, 3.8) is 0 Å². The van der Waals surface area contributed by atoms with Crippen LogP contribution in [-0.4, -0.2) is 13.0 Å². The molecule has 0 aliphatic heterocycles. The number of hydrogen-bond donors (Lipinski definition) is 1. The van der Waals surface area contributed by atoms with E-state index in [1.807, 2.05) is 24.3 Å². The highest BCUT2D eigenvalue weighted by molar-refractivity contribution is 9.10. The van der Waals surface area contributed by atoms with Crippen LogP contribution in [0.2, 0.25) is 0 Å². The SMILES string of the molecule is COc1ccc(Br)c(C(=O)Nc2cccc3c2CCCC3)c1. The van der Waals surface area contributed by atoms with E-state index in [1.54, 1.807) is 13.2 Å². The standard InChI is InChI=1S/C18H18BrNO2/c1-22-13-9-10-16(19)15(11-13)18(21)20-17-8-4-6-12-5-2-3-7-14(12)17/h4,6,8-11H,2-3,5,7H2,1H3,(H,20,21). The van der Waals surface area contributed by atoms with Crippen molar-refractivity contribution in [1.82, 2.24) is 0 Å². The number of nitrogens with one attached hydrogen (secondary N) is 1. The number of ether oxygens (including phenoxy) is 1. The van der Waals surface area contributed by atoms with E-state index in [-0.39, 0.29) is 5.91 Å². The van der Waals surface area contributed by atoms with E-state index < -0.39 is 0 Å². The van der Waals surface area contributed by atoms with E-state index in [1.165, 1.54) is 24.0 Å². The third-order valence-electron chi connectivity index (χ3n) is 4.06. The van der Waals surface area contributed by atoms with Crippen LogP contribution >= 0.6 is 15.9 Å². The van der Waals surface area contributed by atoms with Crippen LogP contribution in [-0.2, 0) is 12.8 Å². The fourth-order valence-corrected chi connectivity index (χ4v) is 3.32. The monoisotopic (exact) mass is 359 g/mol. The Morgan fingerprint density at radius 2 is 2.00 bits per heavy atom. The number of benzene rings is 2. The second kappa shape index (κ2) is 6.53. The van der Waals surface area contributed by atoms with Gasteiger partial charge < -0.3 is 10.1 Å². The lowest BCUT2D eigenvalue weighted by Gasteiger charge is -2.19. The van der Waals surface area contributed by atoms with Crippen LogP contribution in [0.15, 0.2) is 40.9 Å². The minimum atomic E-state index is -0.121. The third-order valence-corrected chi connectivity index (χ3v) is 4.75. The predicted octanol–water partition coefficient (Wildman–Crippen LogP) is 4.59. The van der Waals surface area contributed by atoms with Gasteiger partial charge in [-0.25, -0.2) is 0 Å². The van der Waals surface area contributed by atoms with Crippen LogP contribution in [0.3, 0.4) is 0 Å². The minimum absolute atomic E-state index is 0.121. The van der Waals surface area contributed by atoms with Gasteiger partial charge in [-0.1, -0.05) is 12.1 Å². The summed E-state index contributed by atoms with van der Waals surface area (Å²) >= 11 is 3.43. The average molecular weight is 360 g/mol. The van der Waals surface area contributed by atoms with E-state index in [0.29, 0.717) is 11.3 Å². The lowest BCUT2D eigenvalue weighted by molar-refractivity contribution is 0.102. The summed E-state index contributed by atoms with van der Waals surface area (Å²) in [7, 11) is 1.60. The first kappa shape index (κ1) is 15.1. The largest absolute Gasteiger partial charge is 0.497 e. The van der Waals surface area contributed by atoms with Crippen molar-refractivity contribution in [2.75, 3.05) is 12.4 Å². The van der Waals surface area contributed by atoms with Gasteiger partial charge in [0.15, 0.2) is 0 Å². The molecule has 2 aromatic rings.